The summed E-state index contributed by atoms with van der Waals surface area (Å²) in [6.45, 7) is 3.98. The van der Waals surface area contributed by atoms with Gasteiger partial charge in [0.25, 0.3) is 4.95 Å². The van der Waals surface area contributed by atoms with Crippen molar-refractivity contribution in [3.63, 3.8) is 0 Å². The van der Waals surface area contributed by atoms with Gasteiger partial charge in [-0.2, -0.15) is 0 Å². The zero-order valence-corrected chi connectivity index (χ0v) is 16.5. The van der Waals surface area contributed by atoms with Crippen LogP contribution in [-0.2, 0) is 10.0 Å². The predicted molar refractivity (Wildman–Crippen MR) is 98.4 cm³/mol. The number of sulfonamides is 1. The molecule has 0 bridgehead atoms. The van der Waals surface area contributed by atoms with Crippen molar-refractivity contribution in [3.8, 4) is 0 Å². The van der Waals surface area contributed by atoms with Gasteiger partial charge in [0.1, 0.15) is 6.04 Å². The Morgan fingerprint density at radius 2 is 1.75 bits per heavy atom. The van der Waals surface area contributed by atoms with Crippen LogP contribution in [-0.4, -0.2) is 24.3 Å². The molecule has 0 aromatic heterocycles. The van der Waals surface area contributed by atoms with Crippen LogP contribution in [0.25, 0.3) is 0 Å². The maximum atomic E-state index is 12.5. The summed E-state index contributed by atoms with van der Waals surface area (Å²) in [6.07, 6.45) is 5.39. The second kappa shape index (κ2) is 10.1. The fraction of sp³-hybridized carbons (Fsp3) is 0.625. The Balaban J connectivity index is 2.79. The topological polar surface area (TPSA) is 89.3 Å². The molecule has 0 saturated heterocycles. The van der Waals surface area contributed by atoms with E-state index in [0.29, 0.717) is 6.42 Å². The number of benzene rings is 1. The third-order valence-corrected chi connectivity index (χ3v) is 6.27. The summed E-state index contributed by atoms with van der Waals surface area (Å²) < 4.78 is 27.4. The van der Waals surface area contributed by atoms with Crippen molar-refractivity contribution in [2.24, 2.45) is 0 Å². The molecule has 0 saturated carbocycles. The number of alkyl halides is 1. The number of hydrogen-bond donors (Lipinski definition) is 1. The summed E-state index contributed by atoms with van der Waals surface area (Å²) >= 11 is 3.00. The minimum atomic E-state index is -3.79. The lowest BCUT2D eigenvalue weighted by Crippen LogP contribution is -2.43. The second-order valence-electron chi connectivity index (χ2n) is 5.90. The van der Waals surface area contributed by atoms with Gasteiger partial charge in [-0.3, -0.25) is 10.1 Å². The predicted octanol–water partition coefficient (Wildman–Crippen LogP) is 4.00. The summed E-state index contributed by atoms with van der Waals surface area (Å²) in [5.74, 6) is 0. The Labute approximate surface area is 152 Å². The summed E-state index contributed by atoms with van der Waals surface area (Å²) in [5, 5.41) is 11.1. The Morgan fingerprint density at radius 1 is 1.17 bits per heavy atom. The van der Waals surface area contributed by atoms with Crippen LogP contribution in [0.2, 0.25) is 0 Å². The maximum absolute atomic E-state index is 12.5. The van der Waals surface area contributed by atoms with Gasteiger partial charge in [0.2, 0.25) is 10.0 Å². The number of nitrogens with one attached hydrogen (secondary N) is 1. The van der Waals surface area contributed by atoms with E-state index in [2.05, 4.69) is 27.6 Å². The van der Waals surface area contributed by atoms with Gasteiger partial charge < -0.3 is 0 Å². The highest BCUT2D eigenvalue weighted by Crippen LogP contribution is 2.18. The van der Waals surface area contributed by atoms with Gasteiger partial charge in [-0.1, -0.05) is 56.7 Å². The molecule has 1 aromatic rings. The van der Waals surface area contributed by atoms with Gasteiger partial charge in [-0.05, 0) is 41.4 Å². The number of rotatable bonds is 11. The molecule has 8 heteroatoms. The van der Waals surface area contributed by atoms with E-state index in [1.54, 1.807) is 12.1 Å². The van der Waals surface area contributed by atoms with E-state index < -0.39 is 25.9 Å². The van der Waals surface area contributed by atoms with Crippen LogP contribution < -0.4 is 4.72 Å². The lowest BCUT2D eigenvalue weighted by molar-refractivity contribution is -0.496. The molecule has 1 rings (SSSR count). The molecule has 2 atom stereocenters. The highest BCUT2D eigenvalue weighted by molar-refractivity contribution is 9.09. The number of unbranched alkanes of at least 4 members (excludes halogenated alkanes) is 4. The molecule has 136 valence electrons. The molecular formula is C16H25BrN2O4S. The van der Waals surface area contributed by atoms with Gasteiger partial charge >= 0.3 is 0 Å². The maximum Gasteiger partial charge on any atom is 0.281 e. The smallest absolute Gasteiger partial charge is 0.263 e. The molecule has 1 N–H and O–H groups in total. The first-order chi connectivity index (χ1) is 11.3. The van der Waals surface area contributed by atoms with Gasteiger partial charge in [0, 0.05) is 4.92 Å². The van der Waals surface area contributed by atoms with Crippen LogP contribution in [0, 0.1) is 17.0 Å². The average Bonchev–Trinajstić information content (AvgIpc) is 2.53. The van der Waals surface area contributed by atoms with Crippen LogP contribution >= 0.6 is 15.9 Å². The van der Waals surface area contributed by atoms with Gasteiger partial charge in [0.15, 0.2) is 0 Å². The summed E-state index contributed by atoms with van der Waals surface area (Å²) in [5.41, 5.74) is 0.949. The lowest BCUT2D eigenvalue weighted by Gasteiger charge is -2.19. The highest BCUT2D eigenvalue weighted by atomic mass is 79.9. The second-order valence-corrected chi connectivity index (χ2v) is 8.55. The van der Waals surface area contributed by atoms with Crippen LogP contribution in [0.15, 0.2) is 29.2 Å². The zero-order chi connectivity index (χ0) is 18.2. The summed E-state index contributed by atoms with van der Waals surface area (Å²) in [7, 11) is -3.79. The normalized spacial score (nSPS) is 14.3. The van der Waals surface area contributed by atoms with E-state index in [1.807, 2.05) is 6.92 Å². The van der Waals surface area contributed by atoms with Crippen LogP contribution in [0.3, 0.4) is 0 Å². The van der Waals surface area contributed by atoms with Crippen molar-refractivity contribution < 1.29 is 13.3 Å². The van der Waals surface area contributed by atoms with E-state index in [-0.39, 0.29) is 4.90 Å². The Hall–Kier alpha value is -0.990. The monoisotopic (exact) mass is 420 g/mol. The first kappa shape index (κ1) is 21.1. The van der Waals surface area contributed by atoms with Crippen LogP contribution in [0.5, 0.6) is 0 Å². The standard InChI is InChI=1S/C16H25BrN2O4S/c1-3-4-5-6-7-8-15(16(17)19(20)21)18-24(22,23)14-11-9-13(2)10-12-14/h9-12,15-16,18H,3-8H2,1-2H3. The largest absolute Gasteiger partial charge is 0.281 e. The molecule has 6 nitrogen and oxygen atoms in total. The minimum Gasteiger partial charge on any atom is -0.263 e. The van der Waals surface area contributed by atoms with E-state index in [1.165, 1.54) is 12.1 Å². The fourth-order valence-electron chi connectivity index (χ4n) is 2.35. The molecule has 0 spiro atoms. The van der Waals surface area contributed by atoms with E-state index >= 15 is 0 Å². The Morgan fingerprint density at radius 3 is 2.29 bits per heavy atom. The van der Waals surface area contributed by atoms with Gasteiger partial charge in [-0.25, -0.2) is 13.1 Å². The average molecular weight is 421 g/mol. The molecule has 0 aliphatic carbocycles. The molecule has 1 aromatic carbocycles. The van der Waals surface area contributed by atoms with Crippen molar-refractivity contribution in [2.75, 3.05) is 0 Å². The third-order valence-electron chi connectivity index (χ3n) is 3.79. The molecule has 0 aliphatic rings. The van der Waals surface area contributed by atoms with Crippen LogP contribution in [0.1, 0.15) is 51.0 Å². The van der Waals surface area contributed by atoms with Crippen molar-refractivity contribution in [1.82, 2.24) is 4.72 Å². The Kier molecular flexibility index (Phi) is 8.86. The zero-order valence-electron chi connectivity index (χ0n) is 14.1. The number of halogens is 1. The van der Waals surface area contributed by atoms with E-state index in [9.17, 15) is 18.5 Å². The van der Waals surface area contributed by atoms with Crippen molar-refractivity contribution in [3.05, 3.63) is 39.9 Å². The lowest BCUT2D eigenvalue weighted by atomic mass is 10.1. The molecule has 0 fully saturated rings. The Bertz CT molecular complexity index is 619. The molecule has 0 heterocycles. The molecule has 2 unspecified atom stereocenters. The number of aryl methyl sites for hydroxylation is 1. The number of hydrogen-bond acceptors (Lipinski definition) is 4. The summed E-state index contributed by atoms with van der Waals surface area (Å²) in [6, 6.07) is 5.63. The number of nitro groups is 1. The highest BCUT2D eigenvalue weighted by Gasteiger charge is 2.32. The van der Waals surface area contributed by atoms with E-state index in [0.717, 1.165) is 37.7 Å². The summed E-state index contributed by atoms with van der Waals surface area (Å²) in [4.78, 5) is 9.53. The van der Waals surface area contributed by atoms with Gasteiger partial charge in [-0.15, -0.1) is 0 Å². The van der Waals surface area contributed by atoms with Gasteiger partial charge in [0.05, 0.1) is 4.90 Å². The van der Waals surface area contributed by atoms with Crippen LogP contribution in [0.4, 0.5) is 0 Å². The van der Waals surface area contributed by atoms with Crippen molar-refractivity contribution in [1.29, 1.82) is 0 Å². The fourth-order valence-corrected chi connectivity index (χ4v) is 4.20. The van der Waals surface area contributed by atoms with Crippen molar-refractivity contribution >= 4 is 26.0 Å². The first-order valence-electron chi connectivity index (χ1n) is 8.14. The SMILES string of the molecule is CCCCCCCC(NS(=O)(=O)c1ccc(C)cc1)C(Br)[N+](=O)[O-]. The molecule has 0 aliphatic heterocycles. The van der Waals surface area contributed by atoms with Crippen molar-refractivity contribution in [2.45, 2.75) is 68.3 Å². The molecule has 24 heavy (non-hydrogen) atoms. The molecular weight excluding hydrogens is 396 g/mol. The minimum absolute atomic E-state index is 0.118. The quantitative estimate of drug-likeness (QED) is 0.192. The first-order valence-corrected chi connectivity index (χ1v) is 10.5. The molecule has 0 amide bonds. The molecule has 0 radical (unpaired) electrons. The van der Waals surface area contributed by atoms with E-state index in [4.69, 9.17) is 0 Å². The number of nitrogens with zero attached hydrogens (tertiary/aromatic N) is 1. The third kappa shape index (κ3) is 6.86.